The van der Waals surface area contributed by atoms with Crippen molar-refractivity contribution in [1.29, 1.82) is 0 Å². The average Bonchev–Trinajstić information content (AvgIpc) is 2.68. The van der Waals surface area contributed by atoms with E-state index in [9.17, 15) is 0 Å². The summed E-state index contributed by atoms with van der Waals surface area (Å²) >= 11 is 3.53. The Labute approximate surface area is 137 Å². The normalized spacial score (nSPS) is 13.9. The van der Waals surface area contributed by atoms with Crippen LogP contribution in [-0.2, 0) is 10.0 Å². The van der Waals surface area contributed by atoms with E-state index in [4.69, 9.17) is 4.43 Å². The minimum absolute atomic E-state index is 0.198. The fourth-order valence-corrected chi connectivity index (χ4v) is 4.24. The number of aromatic nitrogens is 2. The van der Waals surface area contributed by atoms with E-state index in [0.29, 0.717) is 0 Å². The summed E-state index contributed by atoms with van der Waals surface area (Å²) in [7, 11) is -1.82. The summed E-state index contributed by atoms with van der Waals surface area (Å²) in [4.78, 5) is 4.34. The second-order valence-electron chi connectivity index (χ2n) is 7.60. The standard InChI is InChI=1S/C16H25BrN2OSi/c1-15(2,3)21(6,7)20-16(4,5)12-8-9-14-18-10-13(17)19(14)11-12/h8-11H,1-7H3. The first-order valence-corrected chi connectivity index (χ1v) is 11.0. The molecule has 0 aromatic carbocycles. The van der Waals surface area contributed by atoms with Crippen molar-refractivity contribution in [2.24, 2.45) is 0 Å². The maximum absolute atomic E-state index is 6.63. The van der Waals surface area contributed by atoms with E-state index in [1.807, 2.05) is 16.7 Å². The topological polar surface area (TPSA) is 26.5 Å². The van der Waals surface area contributed by atoms with Gasteiger partial charge < -0.3 is 4.43 Å². The predicted octanol–water partition coefficient (Wildman–Crippen LogP) is 5.35. The molecule has 116 valence electrons. The van der Waals surface area contributed by atoms with Crippen LogP contribution in [0.3, 0.4) is 0 Å². The molecule has 0 radical (unpaired) electrons. The number of halogens is 1. The zero-order chi connectivity index (χ0) is 16.1. The van der Waals surface area contributed by atoms with Gasteiger partial charge in [-0.2, -0.15) is 0 Å². The van der Waals surface area contributed by atoms with E-state index in [1.165, 1.54) is 5.56 Å². The van der Waals surface area contributed by atoms with Crippen LogP contribution in [0.15, 0.2) is 29.1 Å². The summed E-state index contributed by atoms with van der Waals surface area (Å²) in [5.74, 6) is 0. The van der Waals surface area contributed by atoms with Crippen molar-refractivity contribution in [3.05, 3.63) is 34.7 Å². The second kappa shape index (κ2) is 5.21. The summed E-state index contributed by atoms with van der Waals surface area (Å²) in [6, 6.07) is 4.15. The Balaban J connectivity index is 2.39. The molecule has 2 aromatic heterocycles. The first kappa shape index (κ1) is 16.7. The average molecular weight is 369 g/mol. The highest BCUT2D eigenvalue weighted by molar-refractivity contribution is 9.10. The quantitative estimate of drug-likeness (QED) is 0.682. The molecule has 0 saturated carbocycles. The van der Waals surface area contributed by atoms with Crippen molar-refractivity contribution in [2.75, 3.05) is 0 Å². The first-order chi connectivity index (χ1) is 9.44. The molecule has 0 unspecified atom stereocenters. The minimum Gasteiger partial charge on any atom is -0.408 e. The van der Waals surface area contributed by atoms with Gasteiger partial charge in [-0.15, -0.1) is 0 Å². The Morgan fingerprint density at radius 3 is 2.33 bits per heavy atom. The van der Waals surface area contributed by atoms with Crippen LogP contribution in [0.5, 0.6) is 0 Å². The molecule has 0 aliphatic rings. The molecule has 0 saturated heterocycles. The predicted molar refractivity (Wildman–Crippen MR) is 94.2 cm³/mol. The van der Waals surface area contributed by atoms with E-state index < -0.39 is 8.32 Å². The van der Waals surface area contributed by atoms with Gasteiger partial charge in [0.1, 0.15) is 10.3 Å². The first-order valence-electron chi connectivity index (χ1n) is 7.27. The summed E-state index contributed by atoms with van der Waals surface area (Å²) in [5, 5.41) is 0.198. The third-order valence-electron chi connectivity index (χ3n) is 4.47. The molecule has 2 rings (SSSR count). The number of nitrogens with zero attached hydrogens (tertiary/aromatic N) is 2. The zero-order valence-corrected chi connectivity index (χ0v) is 16.6. The maximum atomic E-state index is 6.63. The summed E-state index contributed by atoms with van der Waals surface area (Å²) < 4.78 is 9.64. The van der Waals surface area contributed by atoms with Gasteiger partial charge in [-0.1, -0.05) is 26.8 Å². The van der Waals surface area contributed by atoms with Crippen molar-refractivity contribution in [1.82, 2.24) is 9.38 Å². The second-order valence-corrected chi connectivity index (χ2v) is 13.1. The van der Waals surface area contributed by atoms with Crippen molar-refractivity contribution >= 4 is 29.9 Å². The van der Waals surface area contributed by atoms with Crippen LogP contribution < -0.4 is 0 Å². The maximum Gasteiger partial charge on any atom is 0.193 e. The lowest BCUT2D eigenvalue weighted by Gasteiger charge is -2.43. The van der Waals surface area contributed by atoms with Gasteiger partial charge in [0, 0.05) is 6.20 Å². The molecule has 0 spiro atoms. The highest BCUT2D eigenvalue weighted by Gasteiger charge is 2.42. The molecule has 0 aliphatic carbocycles. The number of imidazole rings is 1. The van der Waals surface area contributed by atoms with Crippen molar-refractivity contribution < 1.29 is 4.43 Å². The Morgan fingerprint density at radius 2 is 1.76 bits per heavy atom. The summed E-state index contributed by atoms with van der Waals surface area (Å²) in [6.07, 6.45) is 3.93. The minimum atomic E-state index is -1.82. The number of fused-ring (bicyclic) bond motifs is 1. The molecule has 0 fully saturated rings. The Bertz CT molecular complexity index is 656. The Hall–Kier alpha value is -0.653. The van der Waals surface area contributed by atoms with E-state index in [1.54, 1.807) is 0 Å². The fourth-order valence-electron chi connectivity index (χ4n) is 2.16. The smallest absolute Gasteiger partial charge is 0.193 e. The van der Waals surface area contributed by atoms with Gasteiger partial charge in [-0.05, 0) is 59.5 Å². The van der Waals surface area contributed by atoms with Gasteiger partial charge in [0.05, 0.1) is 11.8 Å². The Kier molecular flexibility index (Phi) is 4.15. The number of pyridine rings is 1. The molecule has 2 aromatic rings. The monoisotopic (exact) mass is 368 g/mol. The molecule has 21 heavy (non-hydrogen) atoms. The highest BCUT2D eigenvalue weighted by Crippen LogP contribution is 2.41. The molecule has 0 aliphatic heterocycles. The largest absolute Gasteiger partial charge is 0.408 e. The van der Waals surface area contributed by atoms with E-state index in [0.717, 1.165) is 10.3 Å². The third-order valence-corrected chi connectivity index (χ3v) is 9.69. The molecular weight excluding hydrogens is 344 g/mol. The molecular formula is C16H25BrN2OSi. The molecule has 0 amide bonds. The van der Waals surface area contributed by atoms with Gasteiger partial charge >= 0.3 is 0 Å². The van der Waals surface area contributed by atoms with Crippen LogP contribution in [0.2, 0.25) is 18.1 Å². The van der Waals surface area contributed by atoms with Crippen LogP contribution in [0.1, 0.15) is 40.2 Å². The van der Waals surface area contributed by atoms with Gasteiger partial charge in [-0.25, -0.2) is 4.98 Å². The van der Waals surface area contributed by atoms with Crippen LogP contribution >= 0.6 is 15.9 Å². The number of hydrogen-bond donors (Lipinski definition) is 0. The molecule has 2 heterocycles. The molecule has 0 atom stereocenters. The van der Waals surface area contributed by atoms with E-state index in [-0.39, 0.29) is 10.6 Å². The highest BCUT2D eigenvalue weighted by atomic mass is 79.9. The fraction of sp³-hybridized carbons (Fsp3) is 0.562. The number of hydrogen-bond acceptors (Lipinski definition) is 2. The van der Waals surface area contributed by atoms with Crippen molar-refractivity contribution in [3.8, 4) is 0 Å². The SMILES string of the molecule is CC(C)(O[Si](C)(C)C(C)(C)C)c1ccc2ncc(Br)n2c1. The summed E-state index contributed by atoms with van der Waals surface area (Å²) in [5.41, 5.74) is 1.79. The van der Waals surface area contributed by atoms with Crippen LogP contribution in [0.25, 0.3) is 5.65 Å². The van der Waals surface area contributed by atoms with Crippen LogP contribution in [0.4, 0.5) is 0 Å². The molecule has 5 heteroatoms. The Morgan fingerprint density at radius 1 is 1.14 bits per heavy atom. The third kappa shape index (κ3) is 3.25. The van der Waals surface area contributed by atoms with Crippen molar-refractivity contribution in [3.63, 3.8) is 0 Å². The molecule has 0 N–H and O–H groups in total. The van der Waals surface area contributed by atoms with Crippen LogP contribution in [0, 0.1) is 0 Å². The molecule has 3 nitrogen and oxygen atoms in total. The van der Waals surface area contributed by atoms with Crippen molar-refractivity contribution in [2.45, 2.75) is 58.4 Å². The van der Waals surface area contributed by atoms with Crippen LogP contribution in [-0.4, -0.2) is 17.7 Å². The lowest BCUT2D eigenvalue weighted by Crippen LogP contribution is -2.46. The summed E-state index contributed by atoms with van der Waals surface area (Å²) in [6.45, 7) is 15.7. The van der Waals surface area contributed by atoms with Gasteiger partial charge in [0.15, 0.2) is 8.32 Å². The van der Waals surface area contributed by atoms with E-state index in [2.05, 4.69) is 80.9 Å². The lowest BCUT2D eigenvalue weighted by molar-refractivity contribution is 0.0897. The lowest BCUT2D eigenvalue weighted by atomic mass is 10.0. The zero-order valence-electron chi connectivity index (χ0n) is 14.0. The van der Waals surface area contributed by atoms with Gasteiger partial charge in [0.25, 0.3) is 0 Å². The van der Waals surface area contributed by atoms with E-state index >= 15 is 0 Å². The molecule has 0 bridgehead atoms. The van der Waals surface area contributed by atoms with Gasteiger partial charge in [-0.3, -0.25) is 4.40 Å². The van der Waals surface area contributed by atoms with Gasteiger partial charge in [0.2, 0.25) is 0 Å². The number of rotatable bonds is 3.